The smallest absolute Gasteiger partial charge is 0.206 e. The summed E-state index contributed by atoms with van der Waals surface area (Å²) in [7, 11) is -3.49. The summed E-state index contributed by atoms with van der Waals surface area (Å²) in [5.41, 5.74) is 7.09. The van der Waals surface area contributed by atoms with E-state index in [-0.39, 0.29) is 4.90 Å². The molecule has 0 fully saturated rings. The van der Waals surface area contributed by atoms with Crippen LogP contribution in [0.3, 0.4) is 0 Å². The van der Waals surface area contributed by atoms with Crippen molar-refractivity contribution < 1.29 is 8.42 Å². The summed E-state index contributed by atoms with van der Waals surface area (Å²) < 4.78 is 25.1. The number of nitrogens with two attached hydrogens (primary N) is 1. The Labute approximate surface area is 138 Å². The average molecular weight is 332 g/mol. The van der Waals surface area contributed by atoms with Crippen LogP contribution in [0.5, 0.6) is 0 Å². The van der Waals surface area contributed by atoms with Crippen LogP contribution in [0.2, 0.25) is 0 Å². The zero-order valence-corrected chi connectivity index (χ0v) is 14.3. The maximum absolute atomic E-state index is 12.5. The highest BCUT2D eigenvalue weighted by atomic mass is 32.2. The van der Waals surface area contributed by atoms with E-state index in [9.17, 15) is 8.42 Å². The predicted octanol–water partition coefficient (Wildman–Crippen LogP) is 4.09. The van der Waals surface area contributed by atoms with Crippen molar-refractivity contribution in [2.24, 2.45) is 0 Å². The molecule has 0 unspecified atom stereocenters. The molecule has 5 heteroatoms. The first kappa shape index (κ1) is 17.3. The zero-order chi connectivity index (χ0) is 16.7. The van der Waals surface area contributed by atoms with Crippen molar-refractivity contribution in [3.8, 4) is 0 Å². The summed E-state index contributed by atoms with van der Waals surface area (Å²) in [5.74, 6) is 0. The highest BCUT2D eigenvalue weighted by Gasteiger charge is 2.17. The van der Waals surface area contributed by atoms with Gasteiger partial charge in [0.1, 0.15) is 0 Å². The van der Waals surface area contributed by atoms with Crippen LogP contribution in [-0.4, -0.2) is 15.0 Å². The molecule has 0 atom stereocenters. The lowest BCUT2D eigenvalue weighted by atomic mass is 10.2. The molecule has 0 saturated heterocycles. The summed E-state index contributed by atoms with van der Waals surface area (Å²) in [6, 6.07) is 13.2. The van der Waals surface area contributed by atoms with Gasteiger partial charge in [0.15, 0.2) is 0 Å². The third-order valence-electron chi connectivity index (χ3n) is 3.71. The Morgan fingerprint density at radius 2 is 1.43 bits per heavy atom. The topological polar surface area (TPSA) is 72.2 Å². The minimum Gasteiger partial charge on any atom is -0.399 e. The number of hydrogen-bond donors (Lipinski definition) is 2. The molecule has 0 radical (unpaired) electrons. The Morgan fingerprint density at radius 1 is 0.870 bits per heavy atom. The third kappa shape index (κ3) is 4.73. The molecule has 2 rings (SSSR count). The van der Waals surface area contributed by atoms with Crippen molar-refractivity contribution >= 4 is 21.2 Å². The lowest BCUT2D eigenvalue weighted by Gasteiger charge is -2.08. The molecular formula is C18H24N2O2S. The van der Waals surface area contributed by atoms with E-state index in [0.29, 0.717) is 10.6 Å². The Hall–Kier alpha value is -2.01. The number of sulfone groups is 1. The van der Waals surface area contributed by atoms with Crippen molar-refractivity contribution in [2.75, 3.05) is 17.6 Å². The van der Waals surface area contributed by atoms with E-state index in [1.807, 2.05) is 12.1 Å². The van der Waals surface area contributed by atoms with Gasteiger partial charge in [-0.15, -0.1) is 0 Å². The summed E-state index contributed by atoms with van der Waals surface area (Å²) in [5, 5.41) is 3.32. The molecule has 124 valence electrons. The molecule has 0 heterocycles. The fourth-order valence-corrected chi connectivity index (χ4v) is 3.58. The van der Waals surface area contributed by atoms with Crippen molar-refractivity contribution in [1.29, 1.82) is 0 Å². The maximum atomic E-state index is 12.5. The largest absolute Gasteiger partial charge is 0.399 e. The van der Waals surface area contributed by atoms with Crippen LogP contribution in [0, 0.1) is 0 Å². The maximum Gasteiger partial charge on any atom is 0.206 e. The van der Waals surface area contributed by atoms with Gasteiger partial charge in [0.25, 0.3) is 0 Å². The van der Waals surface area contributed by atoms with E-state index in [1.165, 1.54) is 31.4 Å². The van der Waals surface area contributed by atoms with Crippen molar-refractivity contribution in [3.63, 3.8) is 0 Å². The number of benzene rings is 2. The highest BCUT2D eigenvalue weighted by molar-refractivity contribution is 7.91. The van der Waals surface area contributed by atoms with Crippen LogP contribution >= 0.6 is 0 Å². The molecule has 4 nitrogen and oxygen atoms in total. The van der Waals surface area contributed by atoms with Crippen LogP contribution in [0.25, 0.3) is 0 Å². The second kappa shape index (κ2) is 8.02. The van der Waals surface area contributed by atoms with Crippen LogP contribution in [0.15, 0.2) is 58.3 Å². The van der Waals surface area contributed by atoms with Gasteiger partial charge in [-0.25, -0.2) is 8.42 Å². The first-order chi connectivity index (χ1) is 11.0. The van der Waals surface area contributed by atoms with Gasteiger partial charge in [-0.05, 0) is 55.0 Å². The summed E-state index contributed by atoms with van der Waals surface area (Å²) >= 11 is 0. The lowest BCUT2D eigenvalue weighted by molar-refractivity contribution is 0.596. The second-order valence-corrected chi connectivity index (χ2v) is 7.53. The van der Waals surface area contributed by atoms with Gasteiger partial charge in [-0.1, -0.05) is 26.2 Å². The molecular weight excluding hydrogens is 308 g/mol. The molecule has 23 heavy (non-hydrogen) atoms. The highest BCUT2D eigenvalue weighted by Crippen LogP contribution is 2.23. The molecule has 0 aromatic heterocycles. The second-order valence-electron chi connectivity index (χ2n) is 5.58. The Balaban J connectivity index is 2.02. The number of anilines is 2. The van der Waals surface area contributed by atoms with Gasteiger partial charge in [0, 0.05) is 17.9 Å². The van der Waals surface area contributed by atoms with E-state index in [1.54, 1.807) is 24.3 Å². The molecule has 0 bridgehead atoms. The molecule has 2 aromatic rings. The molecule has 0 aliphatic rings. The molecule has 0 aliphatic heterocycles. The fourth-order valence-electron chi connectivity index (χ4n) is 2.32. The average Bonchev–Trinajstić information content (AvgIpc) is 2.55. The normalized spacial score (nSPS) is 11.3. The predicted molar refractivity (Wildman–Crippen MR) is 95.4 cm³/mol. The summed E-state index contributed by atoms with van der Waals surface area (Å²) in [6.45, 7) is 3.09. The molecule has 0 spiro atoms. The summed E-state index contributed by atoms with van der Waals surface area (Å²) in [6.07, 6.45) is 4.81. The van der Waals surface area contributed by atoms with Gasteiger partial charge < -0.3 is 11.1 Å². The van der Waals surface area contributed by atoms with E-state index >= 15 is 0 Å². The minimum absolute atomic E-state index is 0.256. The standard InChI is InChI=1S/C18H24N2O2S/c1-2-3-4-5-14-20-16-8-12-18(13-9-16)23(21,22)17-10-6-15(19)7-11-17/h6-13,20H,2-5,14,19H2,1H3. The van der Waals surface area contributed by atoms with E-state index < -0.39 is 9.84 Å². The quantitative estimate of drug-likeness (QED) is 0.564. The lowest BCUT2D eigenvalue weighted by Crippen LogP contribution is -2.04. The minimum atomic E-state index is -3.49. The van der Waals surface area contributed by atoms with E-state index in [0.717, 1.165) is 18.7 Å². The summed E-state index contributed by atoms with van der Waals surface area (Å²) in [4.78, 5) is 0.547. The van der Waals surface area contributed by atoms with Gasteiger partial charge in [-0.2, -0.15) is 0 Å². The number of rotatable bonds is 8. The third-order valence-corrected chi connectivity index (χ3v) is 5.50. The molecule has 0 aliphatic carbocycles. The Morgan fingerprint density at radius 3 is 2.00 bits per heavy atom. The molecule has 2 aromatic carbocycles. The monoisotopic (exact) mass is 332 g/mol. The van der Waals surface area contributed by atoms with Crippen LogP contribution < -0.4 is 11.1 Å². The van der Waals surface area contributed by atoms with Gasteiger partial charge in [0.05, 0.1) is 9.79 Å². The first-order valence-corrected chi connectivity index (χ1v) is 9.47. The van der Waals surface area contributed by atoms with Crippen molar-refractivity contribution in [1.82, 2.24) is 0 Å². The van der Waals surface area contributed by atoms with Crippen LogP contribution in [0.1, 0.15) is 32.6 Å². The van der Waals surface area contributed by atoms with Crippen molar-refractivity contribution in [3.05, 3.63) is 48.5 Å². The fraction of sp³-hybridized carbons (Fsp3) is 0.333. The van der Waals surface area contributed by atoms with Crippen molar-refractivity contribution in [2.45, 2.75) is 42.4 Å². The molecule has 3 N–H and O–H groups in total. The molecule has 0 saturated carbocycles. The SMILES string of the molecule is CCCCCCNc1ccc(S(=O)(=O)c2ccc(N)cc2)cc1. The van der Waals surface area contributed by atoms with Crippen LogP contribution in [0.4, 0.5) is 11.4 Å². The van der Waals surface area contributed by atoms with Gasteiger partial charge in [-0.3, -0.25) is 0 Å². The van der Waals surface area contributed by atoms with Gasteiger partial charge >= 0.3 is 0 Å². The Bertz CT molecular complexity index is 708. The number of nitrogen functional groups attached to an aromatic ring is 1. The zero-order valence-electron chi connectivity index (χ0n) is 13.5. The first-order valence-electron chi connectivity index (χ1n) is 7.98. The van der Waals surface area contributed by atoms with E-state index in [4.69, 9.17) is 5.73 Å². The Kier molecular flexibility index (Phi) is 6.04. The van der Waals surface area contributed by atoms with E-state index in [2.05, 4.69) is 12.2 Å². The number of unbranched alkanes of at least 4 members (excludes halogenated alkanes) is 3. The number of nitrogens with one attached hydrogen (secondary N) is 1. The molecule has 0 amide bonds. The number of hydrogen-bond acceptors (Lipinski definition) is 4. The van der Waals surface area contributed by atoms with Gasteiger partial charge in [0.2, 0.25) is 9.84 Å². The van der Waals surface area contributed by atoms with Crippen LogP contribution in [-0.2, 0) is 9.84 Å².